The third kappa shape index (κ3) is 5.72. The van der Waals surface area contributed by atoms with Crippen LogP contribution in [0.25, 0.3) is 0 Å². The Bertz CT molecular complexity index is 868. The van der Waals surface area contributed by atoms with E-state index in [0.29, 0.717) is 6.42 Å². The van der Waals surface area contributed by atoms with Crippen molar-refractivity contribution in [1.29, 1.82) is 0 Å². The summed E-state index contributed by atoms with van der Waals surface area (Å²) in [5, 5.41) is 23.5. The van der Waals surface area contributed by atoms with Gasteiger partial charge in [-0.3, -0.25) is 0 Å². The molecule has 0 radical (unpaired) electrons. The third-order valence-corrected chi connectivity index (χ3v) is 10.8. The molecule has 0 fully saturated rings. The van der Waals surface area contributed by atoms with E-state index in [2.05, 4.69) is 69.3 Å². The molecule has 0 spiro atoms. The predicted octanol–water partition coefficient (Wildman–Crippen LogP) is 3.92. The van der Waals surface area contributed by atoms with Crippen LogP contribution in [0.1, 0.15) is 32.8 Å². The summed E-state index contributed by atoms with van der Waals surface area (Å²) in [6.45, 7) is 6.85. The molecule has 0 bridgehead atoms. The van der Waals surface area contributed by atoms with Crippen LogP contribution >= 0.6 is 0 Å². The molecular formula is C27H34O3Si. The number of rotatable bonds is 9. The molecule has 0 aliphatic rings. The topological polar surface area (TPSA) is 49.7 Å². The van der Waals surface area contributed by atoms with E-state index in [1.165, 1.54) is 10.4 Å². The first-order valence-corrected chi connectivity index (χ1v) is 12.9. The van der Waals surface area contributed by atoms with Crippen molar-refractivity contribution in [3.8, 4) is 0 Å². The lowest BCUT2D eigenvalue weighted by Crippen LogP contribution is -2.67. The molecule has 3 nitrogen and oxygen atoms in total. The molecule has 2 atom stereocenters. The van der Waals surface area contributed by atoms with Gasteiger partial charge in [0.15, 0.2) is 0 Å². The molecule has 0 unspecified atom stereocenters. The van der Waals surface area contributed by atoms with E-state index in [-0.39, 0.29) is 18.1 Å². The number of hydrogen-bond donors (Lipinski definition) is 2. The highest BCUT2D eigenvalue weighted by atomic mass is 28.4. The number of aliphatic hydroxyl groups is 2. The Morgan fingerprint density at radius 3 is 1.61 bits per heavy atom. The maximum absolute atomic E-state index is 10.8. The normalized spacial score (nSPS) is 14.2. The van der Waals surface area contributed by atoms with Gasteiger partial charge in [0.25, 0.3) is 8.32 Å². The van der Waals surface area contributed by atoms with Gasteiger partial charge in [-0.05, 0) is 27.4 Å². The monoisotopic (exact) mass is 434 g/mol. The van der Waals surface area contributed by atoms with Crippen LogP contribution in [0.2, 0.25) is 5.04 Å². The van der Waals surface area contributed by atoms with E-state index in [9.17, 15) is 10.2 Å². The number of aliphatic hydroxyl groups excluding tert-OH is 2. The first-order valence-electron chi connectivity index (χ1n) is 11.0. The number of benzene rings is 3. The second-order valence-corrected chi connectivity index (χ2v) is 13.5. The average molecular weight is 435 g/mol. The lowest BCUT2D eigenvalue weighted by atomic mass is 10.0. The minimum Gasteiger partial charge on any atom is -0.405 e. The molecule has 0 saturated carbocycles. The summed E-state index contributed by atoms with van der Waals surface area (Å²) in [4.78, 5) is 0. The maximum atomic E-state index is 10.8. The number of hydrogen-bond acceptors (Lipinski definition) is 3. The van der Waals surface area contributed by atoms with Crippen molar-refractivity contribution in [2.75, 3.05) is 6.61 Å². The summed E-state index contributed by atoms with van der Waals surface area (Å²) in [5.41, 5.74) is 1.06. The van der Waals surface area contributed by atoms with Crippen molar-refractivity contribution >= 4 is 18.7 Å². The van der Waals surface area contributed by atoms with Crippen molar-refractivity contribution in [3.05, 3.63) is 96.6 Å². The molecule has 31 heavy (non-hydrogen) atoms. The zero-order valence-electron chi connectivity index (χ0n) is 18.7. The highest BCUT2D eigenvalue weighted by Crippen LogP contribution is 2.36. The zero-order valence-corrected chi connectivity index (χ0v) is 19.7. The molecule has 2 N–H and O–H groups in total. The van der Waals surface area contributed by atoms with Crippen molar-refractivity contribution in [2.45, 2.75) is 50.9 Å². The van der Waals surface area contributed by atoms with Crippen LogP contribution in [-0.4, -0.2) is 37.3 Å². The highest BCUT2D eigenvalue weighted by Gasteiger charge is 2.50. The Balaban J connectivity index is 1.81. The van der Waals surface area contributed by atoms with Gasteiger partial charge in [-0.25, -0.2) is 0 Å². The molecule has 4 heteroatoms. The zero-order chi connectivity index (χ0) is 22.3. The lowest BCUT2D eigenvalue weighted by Gasteiger charge is -2.43. The van der Waals surface area contributed by atoms with Crippen LogP contribution in [0.15, 0.2) is 91.0 Å². The third-order valence-electron chi connectivity index (χ3n) is 5.77. The van der Waals surface area contributed by atoms with Crippen molar-refractivity contribution < 1.29 is 14.6 Å². The van der Waals surface area contributed by atoms with Crippen molar-refractivity contribution in [3.63, 3.8) is 0 Å². The van der Waals surface area contributed by atoms with Crippen LogP contribution in [0.3, 0.4) is 0 Å². The molecule has 3 rings (SSSR count). The van der Waals surface area contributed by atoms with E-state index in [0.717, 1.165) is 5.56 Å². The van der Waals surface area contributed by atoms with Gasteiger partial charge in [-0.1, -0.05) is 112 Å². The van der Waals surface area contributed by atoms with Gasteiger partial charge >= 0.3 is 0 Å². The summed E-state index contributed by atoms with van der Waals surface area (Å²) in [6.07, 6.45) is -0.537. The molecule has 164 valence electrons. The Hall–Kier alpha value is -2.24. The van der Waals surface area contributed by atoms with E-state index in [4.69, 9.17) is 4.43 Å². The summed E-state index contributed by atoms with van der Waals surface area (Å²) in [5.74, 6) is 0. The second kappa shape index (κ2) is 10.4. The van der Waals surface area contributed by atoms with Gasteiger partial charge in [0, 0.05) is 6.42 Å². The predicted molar refractivity (Wildman–Crippen MR) is 130 cm³/mol. The second-order valence-electron chi connectivity index (χ2n) is 9.21. The Labute approximate surface area is 187 Å². The standard InChI is InChI=1S/C27H34O3Si/c1-27(2,3)31(25-15-9-5-10-16-25,26-17-11-6-12-18-26)30-21-24(29)20-23(28)19-22-13-7-4-8-14-22/h4-18,23-24,28-29H,19-21H2,1-3H3/t23-,24+/m1/s1. The molecule has 3 aromatic carbocycles. The van der Waals surface area contributed by atoms with Crippen molar-refractivity contribution in [2.24, 2.45) is 0 Å². The average Bonchev–Trinajstić information content (AvgIpc) is 2.75. The van der Waals surface area contributed by atoms with Crippen molar-refractivity contribution in [1.82, 2.24) is 0 Å². The molecule has 0 saturated heterocycles. The van der Waals surface area contributed by atoms with Crippen LogP contribution < -0.4 is 10.4 Å². The molecule has 0 aromatic heterocycles. The SMILES string of the molecule is CC(C)(C)[Si](OC[C@@H](O)C[C@H](O)Cc1ccccc1)(c1ccccc1)c1ccccc1. The van der Waals surface area contributed by atoms with Gasteiger partial charge in [0.05, 0.1) is 18.8 Å². The Kier molecular flexibility index (Phi) is 7.84. The minimum absolute atomic E-state index is 0.141. The minimum atomic E-state index is -2.68. The fourth-order valence-corrected chi connectivity index (χ4v) is 8.93. The molecule has 0 amide bonds. The van der Waals surface area contributed by atoms with Gasteiger partial charge in [0.2, 0.25) is 0 Å². The van der Waals surface area contributed by atoms with Gasteiger partial charge in [-0.2, -0.15) is 0 Å². The van der Waals surface area contributed by atoms with Crippen LogP contribution in [0.5, 0.6) is 0 Å². The summed E-state index contributed by atoms with van der Waals surface area (Å²) in [7, 11) is -2.68. The first kappa shape index (κ1) is 23.4. The van der Waals surface area contributed by atoms with E-state index < -0.39 is 20.5 Å². The molecule has 0 aliphatic carbocycles. The molecule has 3 aromatic rings. The lowest BCUT2D eigenvalue weighted by molar-refractivity contribution is 0.0465. The molecular weight excluding hydrogens is 400 g/mol. The van der Waals surface area contributed by atoms with Crippen LogP contribution in [0, 0.1) is 0 Å². The van der Waals surface area contributed by atoms with E-state index in [1.54, 1.807) is 0 Å². The van der Waals surface area contributed by atoms with Gasteiger partial charge < -0.3 is 14.6 Å². The van der Waals surface area contributed by atoms with Crippen LogP contribution in [0.4, 0.5) is 0 Å². The maximum Gasteiger partial charge on any atom is 0.261 e. The molecule has 0 heterocycles. The quantitative estimate of drug-likeness (QED) is 0.502. The summed E-state index contributed by atoms with van der Waals surface area (Å²) < 4.78 is 6.76. The van der Waals surface area contributed by atoms with Gasteiger partial charge in [0.1, 0.15) is 0 Å². The Morgan fingerprint density at radius 2 is 1.16 bits per heavy atom. The summed E-state index contributed by atoms with van der Waals surface area (Å²) in [6, 6.07) is 30.7. The Morgan fingerprint density at radius 1 is 0.710 bits per heavy atom. The fraction of sp³-hybridized carbons (Fsp3) is 0.333. The smallest absolute Gasteiger partial charge is 0.261 e. The highest BCUT2D eigenvalue weighted by molar-refractivity contribution is 6.99. The largest absolute Gasteiger partial charge is 0.405 e. The first-order chi connectivity index (χ1) is 14.8. The fourth-order valence-electron chi connectivity index (χ4n) is 4.33. The van der Waals surface area contributed by atoms with E-state index >= 15 is 0 Å². The summed E-state index contributed by atoms with van der Waals surface area (Å²) >= 11 is 0. The van der Waals surface area contributed by atoms with Crippen LogP contribution in [-0.2, 0) is 10.8 Å². The van der Waals surface area contributed by atoms with Gasteiger partial charge in [-0.15, -0.1) is 0 Å². The van der Waals surface area contributed by atoms with E-state index in [1.807, 2.05) is 42.5 Å². The molecule has 0 aliphatic heterocycles.